The van der Waals surface area contributed by atoms with E-state index < -0.39 is 0 Å². The third kappa shape index (κ3) is 7.43. The quantitative estimate of drug-likeness (QED) is 0.145. The Morgan fingerprint density at radius 2 is 1.55 bits per heavy atom. The molecule has 0 atom stereocenters. The van der Waals surface area contributed by atoms with Crippen LogP contribution in [0.25, 0.3) is 0 Å². The number of rotatable bonds is 11. The Bertz CT molecular complexity index is 1470. The molecule has 4 aromatic rings. The first kappa shape index (κ1) is 28.7. The zero-order chi connectivity index (χ0) is 28.7. The molecule has 0 aliphatic carbocycles. The van der Waals surface area contributed by atoms with E-state index in [1.54, 1.807) is 7.11 Å². The van der Waals surface area contributed by atoms with Gasteiger partial charge >= 0.3 is 0 Å². The van der Waals surface area contributed by atoms with E-state index in [-0.39, 0.29) is 11.2 Å². The highest BCUT2D eigenvalue weighted by Gasteiger charge is 2.14. The molecule has 10 nitrogen and oxygen atoms in total. The minimum Gasteiger partial charge on any atom is -0.497 e. The fraction of sp³-hybridized carbons (Fsp3) is 0.276. The number of halogens is 1. The van der Waals surface area contributed by atoms with Gasteiger partial charge in [-0.3, -0.25) is 4.48 Å². The van der Waals surface area contributed by atoms with E-state index >= 15 is 0 Å². The number of quaternary nitrogens is 1. The van der Waals surface area contributed by atoms with Crippen molar-refractivity contribution in [2.45, 2.75) is 13.8 Å². The molecule has 3 aromatic carbocycles. The Balaban J connectivity index is 1.65. The Labute approximate surface area is 240 Å². The van der Waals surface area contributed by atoms with Gasteiger partial charge in [-0.2, -0.15) is 20.1 Å². The highest BCUT2D eigenvalue weighted by Crippen LogP contribution is 2.34. The second-order valence-electron chi connectivity index (χ2n) is 9.84. The molecule has 0 fully saturated rings. The highest BCUT2D eigenvalue weighted by atomic mass is 35.5. The summed E-state index contributed by atoms with van der Waals surface area (Å²) in [4.78, 5) is 15.4. The van der Waals surface area contributed by atoms with E-state index in [9.17, 15) is 0 Å². The topological polar surface area (TPSA) is 99.9 Å². The molecule has 0 radical (unpaired) electrons. The van der Waals surface area contributed by atoms with Crippen LogP contribution in [0.3, 0.4) is 0 Å². The third-order valence-electron chi connectivity index (χ3n) is 6.19. The van der Waals surface area contributed by atoms with E-state index in [0.29, 0.717) is 27.5 Å². The van der Waals surface area contributed by atoms with E-state index in [4.69, 9.17) is 16.3 Å². The number of nitrogens with zero attached hydrogens (tertiary/aromatic N) is 7. The Morgan fingerprint density at radius 1 is 0.850 bits per heavy atom. The number of aromatic nitrogens is 3. The molecule has 0 saturated heterocycles. The average Bonchev–Trinajstić information content (AvgIpc) is 2.93. The van der Waals surface area contributed by atoms with Crippen LogP contribution in [0.1, 0.15) is 13.8 Å². The first-order valence-corrected chi connectivity index (χ1v) is 13.4. The van der Waals surface area contributed by atoms with Crippen molar-refractivity contribution in [2.24, 2.45) is 10.2 Å². The number of anilines is 5. The fourth-order valence-electron chi connectivity index (χ4n) is 3.97. The maximum Gasteiger partial charge on any atom is 0.233 e. The van der Waals surface area contributed by atoms with Crippen LogP contribution in [-0.4, -0.2) is 56.3 Å². The van der Waals surface area contributed by atoms with Crippen LogP contribution in [-0.2, 0) is 0 Å². The van der Waals surface area contributed by atoms with Gasteiger partial charge in [0.1, 0.15) is 17.1 Å². The van der Waals surface area contributed by atoms with Crippen molar-refractivity contribution in [1.82, 2.24) is 19.4 Å². The molecule has 1 heterocycles. The second-order valence-corrected chi connectivity index (χ2v) is 10.2. The first-order chi connectivity index (χ1) is 19.2. The lowest BCUT2D eigenvalue weighted by molar-refractivity contribution is 0.415. The van der Waals surface area contributed by atoms with E-state index in [1.165, 1.54) is 0 Å². The molecule has 0 amide bonds. The summed E-state index contributed by atoms with van der Waals surface area (Å²) in [5, 5.41) is 15.5. The van der Waals surface area contributed by atoms with Gasteiger partial charge in [0.25, 0.3) is 0 Å². The molecule has 0 unspecified atom stereocenters. The van der Waals surface area contributed by atoms with Crippen molar-refractivity contribution in [3.8, 4) is 5.75 Å². The monoisotopic (exact) mass is 560 g/mol. The summed E-state index contributed by atoms with van der Waals surface area (Å²) in [5.74, 6) is 1.36. The lowest BCUT2D eigenvalue weighted by atomic mass is 10.2. The van der Waals surface area contributed by atoms with Crippen LogP contribution in [0.2, 0.25) is 5.28 Å². The summed E-state index contributed by atoms with van der Waals surface area (Å²) >= 11 is 6.31. The van der Waals surface area contributed by atoms with Crippen LogP contribution in [0, 0.1) is 0 Å². The van der Waals surface area contributed by atoms with Gasteiger partial charge in [-0.1, -0.05) is 6.07 Å². The average molecular weight is 561 g/mol. The van der Waals surface area contributed by atoms with Crippen LogP contribution >= 0.6 is 11.6 Å². The van der Waals surface area contributed by atoms with Gasteiger partial charge in [0.05, 0.1) is 39.6 Å². The minimum absolute atomic E-state index is 0.0593. The summed E-state index contributed by atoms with van der Waals surface area (Å²) in [5.41, 5.74) is 5.01. The molecule has 0 bridgehead atoms. The number of azo groups is 1. The van der Waals surface area contributed by atoms with Gasteiger partial charge in [0.15, 0.2) is 0 Å². The molecule has 2 N–H and O–H groups in total. The van der Waals surface area contributed by atoms with E-state index in [2.05, 4.69) is 87.8 Å². The summed E-state index contributed by atoms with van der Waals surface area (Å²) in [6.07, 6.45) is 0. The van der Waals surface area contributed by atoms with Crippen molar-refractivity contribution >= 4 is 57.6 Å². The number of hydrogen-bond acceptors (Lipinski definition) is 9. The molecule has 0 aliphatic heterocycles. The molecule has 1 aromatic heterocycles. The largest absolute Gasteiger partial charge is 0.497 e. The zero-order valence-corrected chi connectivity index (χ0v) is 24.4. The number of ether oxygens (including phenoxy) is 1. The van der Waals surface area contributed by atoms with Gasteiger partial charge in [-0.15, -0.1) is 5.11 Å². The van der Waals surface area contributed by atoms with Gasteiger partial charge in [0.2, 0.25) is 17.2 Å². The van der Waals surface area contributed by atoms with E-state index in [1.807, 2.05) is 54.6 Å². The predicted molar refractivity (Wildman–Crippen MR) is 165 cm³/mol. The molecule has 11 heteroatoms. The van der Waals surface area contributed by atoms with Gasteiger partial charge in [-0.25, -0.2) is 0 Å². The number of benzene rings is 3. The molecule has 0 aliphatic rings. The standard InChI is InChI=1S/C29H35ClN9O/c1-7-38(8-2)22-14-17-25(37-36-20-12-15-24(40-6)16-13-20)26(19-22)32-29-34-27(30)33-28(35-29)31-21-10-9-11-23(18-21)39(3,4)5/h9-19H,7-8H2,1-6H3,(H2,31,32,33,34,35)/q+1. The maximum absolute atomic E-state index is 6.31. The predicted octanol–water partition coefficient (Wildman–Crippen LogP) is 7.48. The third-order valence-corrected chi connectivity index (χ3v) is 6.35. The maximum atomic E-state index is 6.31. The Morgan fingerprint density at radius 3 is 2.20 bits per heavy atom. The van der Waals surface area contributed by atoms with Crippen molar-refractivity contribution in [1.29, 1.82) is 0 Å². The van der Waals surface area contributed by atoms with Crippen molar-refractivity contribution < 1.29 is 4.74 Å². The van der Waals surface area contributed by atoms with Crippen LogP contribution in [0.5, 0.6) is 5.75 Å². The van der Waals surface area contributed by atoms with Crippen molar-refractivity contribution in [3.63, 3.8) is 0 Å². The normalized spacial score (nSPS) is 11.5. The smallest absolute Gasteiger partial charge is 0.233 e. The second kappa shape index (κ2) is 12.7. The summed E-state index contributed by atoms with van der Waals surface area (Å²) in [6.45, 7) is 5.96. The molecule has 4 rings (SSSR count). The lowest BCUT2D eigenvalue weighted by Crippen LogP contribution is -2.34. The highest BCUT2D eigenvalue weighted by molar-refractivity contribution is 6.28. The number of methoxy groups -OCH3 is 1. The molecule has 40 heavy (non-hydrogen) atoms. The number of hydrogen-bond donors (Lipinski definition) is 2. The van der Waals surface area contributed by atoms with Gasteiger partial charge in [0, 0.05) is 30.5 Å². The molecular formula is C29H35ClN9O+. The summed E-state index contributed by atoms with van der Waals surface area (Å²) in [6, 6.07) is 21.4. The summed E-state index contributed by atoms with van der Waals surface area (Å²) < 4.78 is 5.91. The molecule has 208 valence electrons. The van der Waals surface area contributed by atoms with Crippen LogP contribution in [0.4, 0.5) is 46.0 Å². The zero-order valence-electron chi connectivity index (χ0n) is 23.7. The lowest BCUT2D eigenvalue weighted by Gasteiger charge is -2.23. The first-order valence-electron chi connectivity index (χ1n) is 13.0. The fourth-order valence-corrected chi connectivity index (χ4v) is 4.13. The Kier molecular flexibility index (Phi) is 9.13. The summed E-state index contributed by atoms with van der Waals surface area (Å²) in [7, 11) is 7.95. The van der Waals surface area contributed by atoms with Crippen LogP contribution in [0.15, 0.2) is 77.0 Å². The van der Waals surface area contributed by atoms with Crippen molar-refractivity contribution in [3.05, 3.63) is 72.0 Å². The molecular weight excluding hydrogens is 526 g/mol. The van der Waals surface area contributed by atoms with Gasteiger partial charge in [-0.05, 0) is 80.0 Å². The minimum atomic E-state index is 0.0593. The molecule has 0 saturated carbocycles. The van der Waals surface area contributed by atoms with Crippen LogP contribution < -0.4 is 24.8 Å². The molecule has 0 spiro atoms. The number of nitrogens with one attached hydrogen (secondary N) is 2. The van der Waals surface area contributed by atoms with Gasteiger partial charge < -0.3 is 20.3 Å². The van der Waals surface area contributed by atoms with Crippen molar-refractivity contribution in [2.75, 3.05) is 56.9 Å². The van der Waals surface area contributed by atoms with E-state index in [0.717, 1.165) is 35.9 Å². The Hall–Kier alpha value is -4.28. The SMILES string of the molecule is CCN(CC)c1ccc(N=Nc2ccc(OC)cc2)c(Nc2nc(Cl)nc(Nc3cccc([N+](C)(C)C)c3)n2)c1.